The number of carbonyl (C=O) groups is 1. The Balaban J connectivity index is 1.06. The number of piperidine rings is 1. The summed E-state index contributed by atoms with van der Waals surface area (Å²) in [5.41, 5.74) is 4.44. The number of methoxy groups -OCH3 is 1. The van der Waals surface area contributed by atoms with Gasteiger partial charge in [0.15, 0.2) is 6.10 Å². The summed E-state index contributed by atoms with van der Waals surface area (Å²) in [4.78, 5) is 17.2. The van der Waals surface area contributed by atoms with Gasteiger partial charge in [0.25, 0.3) is 5.91 Å². The number of anilines is 2. The fourth-order valence-electron chi connectivity index (χ4n) is 6.22. The monoisotopic (exact) mass is 571 g/mol. The van der Waals surface area contributed by atoms with Crippen molar-refractivity contribution in [2.24, 2.45) is 0 Å². The van der Waals surface area contributed by atoms with E-state index in [1.165, 1.54) is 5.56 Å². The Morgan fingerprint density at radius 3 is 2.69 bits per heavy atom. The van der Waals surface area contributed by atoms with Crippen molar-refractivity contribution in [2.75, 3.05) is 62.8 Å². The highest BCUT2D eigenvalue weighted by Crippen LogP contribution is 2.34. The van der Waals surface area contributed by atoms with E-state index in [2.05, 4.69) is 40.5 Å². The van der Waals surface area contributed by atoms with Crippen LogP contribution in [-0.2, 0) is 20.9 Å². The van der Waals surface area contributed by atoms with Crippen LogP contribution in [0.4, 0.5) is 11.4 Å². The number of hydrogen-bond donors (Lipinski definition) is 1. The van der Waals surface area contributed by atoms with E-state index in [9.17, 15) is 4.79 Å². The molecule has 3 heterocycles. The molecule has 0 saturated carbocycles. The minimum Gasteiger partial charge on any atom is -0.490 e. The third kappa shape index (κ3) is 6.56. The van der Waals surface area contributed by atoms with Crippen LogP contribution in [0.2, 0.25) is 0 Å². The molecule has 3 aromatic carbocycles. The largest absolute Gasteiger partial charge is 0.490 e. The standard InChI is InChI=1S/C34H41N3O5/c1-39-20-5-17-36-19-21-40-31-13-8-25(22-30(31)36)24-41-33-23-35-16-14-29(33)26-9-11-28(12-10-26)42-32-15-18-37(34(32)38)27-6-3-2-4-7-27/h2-4,6-13,22,29,32-33,35H,5,14-21,23-24H2,1H3/t29-,32+,33+/m1/s1. The number of ether oxygens (including phenoxy) is 4. The zero-order chi connectivity index (χ0) is 28.7. The van der Waals surface area contributed by atoms with Gasteiger partial charge in [0.1, 0.15) is 18.1 Å². The first-order valence-corrected chi connectivity index (χ1v) is 15.1. The third-order valence-corrected chi connectivity index (χ3v) is 8.46. The lowest BCUT2D eigenvalue weighted by molar-refractivity contribution is -0.122. The predicted octanol–water partition coefficient (Wildman–Crippen LogP) is 4.77. The predicted molar refractivity (Wildman–Crippen MR) is 164 cm³/mol. The molecule has 3 aliphatic rings. The minimum atomic E-state index is -0.455. The highest BCUT2D eigenvalue weighted by molar-refractivity contribution is 5.98. The summed E-state index contributed by atoms with van der Waals surface area (Å²) in [6, 6.07) is 24.4. The second-order valence-corrected chi connectivity index (χ2v) is 11.2. The molecule has 0 aliphatic carbocycles. The quantitative estimate of drug-likeness (QED) is 0.333. The van der Waals surface area contributed by atoms with Gasteiger partial charge in [-0.2, -0.15) is 0 Å². The van der Waals surface area contributed by atoms with Crippen molar-refractivity contribution < 1.29 is 23.7 Å². The van der Waals surface area contributed by atoms with Gasteiger partial charge in [-0.25, -0.2) is 0 Å². The fourth-order valence-corrected chi connectivity index (χ4v) is 6.22. The molecule has 0 spiro atoms. The molecule has 1 N–H and O–H groups in total. The summed E-state index contributed by atoms with van der Waals surface area (Å²) < 4.78 is 23.8. The van der Waals surface area contributed by atoms with E-state index in [-0.39, 0.29) is 17.9 Å². The molecule has 0 aromatic heterocycles. The number of nitrogens with one attached hydrogen (secondary N) is 1. The number of amides is 1. The maximum atomic E-state index is 13.0. The van der Waals surface area contributed by atoms with Crippen molar-refractivity contribution in [3.63, 3.8) is 0 Å². The van der Waals surface area contributed by atoms with Gasteiger partial charge < -0.3 is 34.1 Å². The summed E-state index contributed by atoms with van der Waals surface area (Å²) in [6.45, 7) is 6.28. The van der Waals surface area contributed by atoms with Crippen LogP contribution in [0, 0.1) is 0 Å². The highest BCUT2D eigenvalue weighted by Gasteiger charge is 2.34. The first kappa shape index (κ1) is 28.5. The number of rotatable bonds is 11. The van der Waals surface area contributed by atoms with Gasteiger partial charge in [0.05, 0.1) is 24.9 Å². The Morgan fingerprint density at radius 2 is 1.86 bits per heavy atom. The summed E-state index contributed by atoms with van der Waals surface area (Å²) in [5.74, 6) is 1.97. The number of hydrogen-bond acceptors (Lipinski definition) is 7. The number of para-hydroxylation sites is 1. The van der Waals surface area contributed by atoms with E-state index in [0.29, 0.717) is 26.2 Å². The van der Waals surface area contributed by atoms with E-state index in [1.54, 1.807) is 7.11 Å². The molecule has 0 bridgehead atoms. The summed E-state index contributed by atoms with van der Waals surface area (Å²) in [5, 5.41) is 3.51. The molecule has 222 valence electrons. The molecule has 8 heteroatoms. The first-order chi connectivity index (χ1) is 20.7. The smallest absolute Gasteiger partial charge is 0.268 e. The third-order valence-electron chi connectivity index (χ3n) is 8.46. The van der Waals surface area contributed by atoms with Gasteiger partial charge in [0.2, 0.25) is 0 Å². The van der Waals surface area contributed by atoms with E-state index >= 15 is 0 Å². The number of benzene rings is 3. The molecular weight excluding hydrogens is 530 g/mol. The molecule has 0 radical (unpaired) electrons. The van der Waals surface area contributed by atoms with Crippen LogP contribution in [0.3, 0.4) is 0 Å². The average Bonchev–Trinajstić information content (AvgIpc) is 3.40. The second kappa shape index (κ2) is 13.6. The van der Waals surface area contributed by atoms with Gasteiger partial charge in [-0.05, 0) is 66.9 Å². The Labute approximate surface area is 248 Å². The Hall–Kier alpha value is -3.59. The van der Waals surface area contributed by atoms with Gasteiger partial charge in [-0.1, -0.05) is 36.4 Å². The average molecular weight is 572 g/mol. The van der Waals surface area contributed by atoms with Crippen molar-refractivity contribution in [3.05, 3.63) is 83.9 Å². The van der Waals surface area contributed by atoms with Gasteiger partial charge in [-0.15, -0.1) is 0 Å². The van der Waals surface area contributed by atoms with Crippen LogP contribution in [0.15, 0.2) is 72.8 Å². The molecule has 6 rings (SSSR count). The molecule has 2 saturated heterocycles. The maximum Gasteiger partial charge on any atom is 0.268 e. The van der Waals surface area contributed by atoms with E-state index in [0.717, 1.165) is 74.1 Å². The lowest BCUT2D eigenvalue weighted by Crippen LogP contribution is -2.41. The van der Waals surface area contributed by atoms with Gasteiger partial charge in [-0.3, -0.25) is 4.79 Å². The summed E-state index contributed by atoms with van der Waals surface area (Å²) in [6.07, 6.45) is 2.28. The highest BCUT2D eigenvalue weighted by atomic mass is 16.5. The molecule has 3 atom stereocenters. The Kier molecular flexibility index (Phi) is 9.23. The van der Waals surface area contributed by atoms with Crippen LogP contribution in [0.5, 0.6) is 11.5 Å². The number of carbonyl (C=O) groups excluding carboxylic acids is 1. The zero-order valence-electron chi connectivity index (χ0n) is 24.4. The molecule has 8 nitrogen and oxygen atoms in total. The van der Waals surface area contributed by atoms with Crippen molar-refractivity contribution in [1.82, 2.24) is 5.32 Å². The molecule has 2 fully saturated rings. The number of nitrogens with zero attached hydrogens (tertiary/aromatic N) is 2. The van der Waals surface area contributed by atoms with Crippen LogP contribution >= 0.6 is 0 Å². The van der Waals surface area contributed by atoms with Gasteiger partial charge >= 0.3 is 0 Å². The normalized spacial score (nSPS) is 22.1. The van der Waals surface area contributed by atoms with Crippen LogP contribution in [0.25, 0.3) is 0 Å². The molecule has 3 aromatic rings. The SMILES string of the molecule is COCCCN1CCOc2ccc(CO[C@H]3CNCC[C@@H]3c3ccc(O[C@H]4CCN(c5ccccc5)C4=O)cc3)cc21. The fraction of sp³-hybridized carbons (Fsp3) is 0.441. The first-order valence-electron chi connectivity index (χ1n) is 15.1. The summed E-state index contributed by atoms with van der Waals surface area (Å²) >= 11 is 0. The van der Waals surface area contributed by atoms with Crippen molar-refractivity contribution in [2.45, 2.75) is 44.0 Å². The van der Waals surface area contributed by atoms with E-state index in [1.807, 2.05) is 47.4 Å². The zero-order valence-corrected chi connectivity index (χ0v) is 24.4. The second-order valence-electron chi connectivity index (χ2n) is 11.2. The van der Waals surface area contributed by atoms with Crippen LogP contribution in [0.1, 0.15) is 36.3 Å². The molecule has 3 aliphatic heterocycles. The molecule has 0 unspecified atom stereocenters. The van der Waals surface area contributed by atoms with Crippen LogP contribution in [-0.4, -0.2) is 71.2 Å². The Bertz CT molecular complexity index is 1320. The lowest BCUT2D eigenvalue weighted by atomic mass is 9.87. The van der Waals surface area contributed by atoms with Crippen molar-refractivity contribution >= 4 is 17.3 Å². The van der Waals surface area contributed by atoms with Crippen molar-refractivity contribution in [3.8, 4) is 11.5 Å². The van der Waals surface area contributed by atoms with E-state index in [4.69, 9.17) is 18.9 Å². The van der Waals surface area contributed by atoms with Crippen LogP contribution < -0.4 is 24.6 Å². The minimum absolute atomic E-state index is 0.0175. The molecule has 1 amide bonds. The summed E-state index contributed by atoms with van der Waals surface area (Å²) in [7, 11) is 1.75. The Morgan fingerprint density at radius 1 is 1.00 bits per heavy atom. The lowest BCUT2D eigenvalue weighted by Gasteiger charge is -2.33. The molecular formula is C34H41N3O5. The topological polar surface area (TPSA) is 72.5 Å². The molecule has 42 heavy (non-hydrogen) atoms. The number of fused-ring (bicyclic) bond motifs is 1. The van der Waals surface area contributed by atoms with Crippen molar-refractivity contribution in [1.29, 1.82) is 0 Å². The van der Waals surface area contributed by atoms with Gasteiger partial charge in [0, 0.05) is 51.4 Å². The van der Waals surface area contributed by atoms with E-state index < -0.39 is 6.10 Å². The maximum absolute atomic E-state index is 13.0.